The fourth-order valence-corrected chi connectivity index (χ4v) is 1.91. The molecule has 1 aromatic carbocycles. The van der Waals surface area contributed by atoms with E-state index in [1.807, 2.05) is 39.2 Å². The summed E-state index contributed by atoms with van der Waals surface area (Å²) in [6, 6.07) is 6.27. The van der Waals surface area contributed by atoms with E-state index in [-0.39, 0.29) is 6.04 Å². The maximum Gasteiger partial charge on any atom is 0.192 e. The maximum atomic E-state index is 5.77. The first-order valence-electron chi connectivity index (χ1n) is 5.35. The number of fused-ring (bicyclic) bond motifs is 1. The van der Waals surface area contributed by atoms with Gasteiger partial charge < -0.3 is 15.1 Å². The van der Waals surface area contributed by atoms with E-state index in [0.717, 1.165) is 11.1 Å². The van der Waals surface area contributed by atoms with Gasteiger partial charge in [-0.15, -0.1) is 0 Å². The SMILES string of the molecule is Cc1nc2cc(C(CN)N(C)C)ccc2o1. The largest absolute Gasteiger partial charge is 0.441 e. The predicted molar refractivity (Wildman–Crippen MR) is 64.2 cm³/mol. The summed E-state index contributed by atoms with van der Waals surface area (Å²) in [4.78, 5) is 6.43. The van der Waals surface area contributed by atoms with Crippen molar-refractivity contribution in [3.63, 3.8) is 0 Å². The van der Waals surface area contributed by atoms with Gasteiger partial charge in [0.2, 0.25) is 0 Å². The Balaban J connectivity index is 2.44. The van der Waals surface area contributed by atoms with Gasteiger partial charge in [-0.3, -0.25) is 0 Å². The molecule has 0 aliphatic rings. The van der Waals surface area contributed by atoms with Crippen LogP contribution in [0.15, 0.2) is 22.6 Å². The zero-order chi connectivity index (χ0) is 11.7. The quantitative estimate of drug-likeness (QED) is 0.853. The molecular weight excluding hydrogens is 202 g/mol. The summed E-state index contributed by atoms with van der Waals surface area (Å²) in [6.07, 6.45) is 0. The molecule has 0 fully saturated rings. The summed E-state index contributed by atoms with van der Waals surface area (Å²) in [5.74, 6) is 0.696. The topological polar surface area (TPSA) is 55.3 Å². The fourth-order valence-electron chi connectivity index (χ4n) is 1.91. The van der Waals surface area contributed by atoms with E-state index in [1.165, 1.54) is 5.56 Å². The van der Waals surface area contributed by atoms with Gasteiger partial charge in [0.25, 0.3) is 0 Å². The second kappa shape index (κ2) is 4.23. The highest BCUT2D eigenvalue weighted by Gasteiger charge is 2.13. The highest BCUT2D eigenvalue weighted by molar-refractivity contribution is 5.73. The summed E-state index contributed by atoms with van der Waals surface area (Å²) in [6.45, 7) is 2.45. The Kier molecular flexibility index (Phi) is 2.94. The average molecular weight is 219 g/mol. The molecule has 0 amide bonds. The Morgan fingerprint density at radius 1 is 1.44 bits per heavy atom. The summed E-state index contributed by atoms with van der Waals surface area (Å²) in [5, 5.41) is 0. The average Bonchev–Trinajstić information content (AvgIpc) is 2.57. The summed E-state index contributed by atoms with van der Waals surface area (Å²) in [5.41, 5.74) is 8.67. The number of benzene rings is 1. The molecule has 0 bridgehead atoms. The van der Waals surface area contributed by atoms with Crippen molar-refractivity contribution < 1.29 is 4.42 Å². The van der Waals surface area contributed by atoms with Gasteiger partial charge >= 0.3 is 0 Å². The van der Waals surface area contributed by atoms with Gasteiger partial charge in [-0.1, -0.05) is 6.07 Å². The number of nitrogens with two attached hydrogens (primary N) is 1. The smallest absolute Gasteiger partial charge is 0.192 e. The van der Waals surface area contributed by atoms with Crippen LogP contribution in [0.2, 0.25) is 0 Å². The van der Waals surface area contributed by atoms with Crippen LogP contribution in [0.3, 0.4) is 0 Å². The lowest BCUT2D eigenvalue weighted by Crippen LogP contribution is -2.27. The van der Waals surface area contributed by atoms with Gasteiger partial charge in [-0.05, 0) is 31.8 Å². The van der Waals surface area contributed by atoms with E-state index in [2.05, 4.69) is 9.88 Å². The Bertz CT molecular complexity index is 490. The summed E-state index contributed by atoms with van der Waals surface area (Å²) in [7, 11) is 4.05. The number of nitrogens with zero attached hydrogens (tertiary/aromatic N) is 2. The number of likely N-dealkylation sites (N-methyl/N-ethyl adjacent to an activating group) is 1. The Labute approximate surface area is 95.1 Å². The van der Waals surface area contributed by atoms with Crippen molar-refractivity contribution in [1.82, 2.24) is 9.88 Å². The molecule has 4 nitrogen and oxygen atoms in total. The van der Waals surface area contributed by atoms with Crippen LogP contribution in [0.25, 0.3) is 11.1 Å². The van der Waals surface area contributed by atoms with E-state index in [0.29, 0.717) is 12.4 Å². The summed E-state index contributed by atoms with van der Waals surface area (Å²) < 4.78 is 5.44. The van der Waals surface area contributed by atoms with Crippen LogP contribution in [0.4, 0.5) is 0 Å². The molecule has 1 heterocycles. The first kappa shape index (κ1) is 11.1. The number of hydrogen-bond acceptors (Lipinski definition) is 4. The minimum Gasteiger partial charge on any atom is -0.441 e. The lowest BCUT2D eigenvalue weighted by atomic mass is 10.1. The number of rotatable bonds is 3. The minimum atomic E-state index is 0.224. The van der Waals surface area contributed by atoms with E-state index >= 15 is 0 Å². The van der Waals surface area contributed by atoms with Crippen LogP contribution in [0, 0.1) is 6.92 Å². The van der Waals surface area contributed by atoms with Crippen molar-refractivity contribution in [2.24, 2.45) is 5.73 Å². The zero-order valence-electron chi connectivity index (χ0n) is 9.90. The number of hydrogen-bond donors (Lipinski definition) is 1. The number of aryl methyl sites for hydroxylation is 1. The van der Waals surface area contributed by atoms with E-state index in [1.54, 1.807) is 0 Å². The van der Waals surface area contributed by atoms with Gasteiger partial charge in [0.05, 0.1) is 0 Å². The van der Waals surface area contributed by atoms with Gasteiger partial charge in [0.15, 0.2) is 11.5 Å². The van der Waals surface area contributed by atoms with Crippen LogP contribution in [0.5, 0.6) is 0 Å². The van der Waals surface area contributed by atoms with E-state index < -0.39 is 0 Å². The zero-order valence-corrected chi connectivity index (χ0v) is 9.90. The second-order valence-electron chi connectivity index (χ2n) is 4.18. The third-order valence-electron chi connectivity index (χ3n) is 2.75. The molecule has 1 unspecified atom stereocenters. The molecule has 2 rings (SSSR count). The van der Waals surface area contributed by atoms with Crippen molar-refractivity contribution in [3.8, 4) is 0 Å². The number of aromatic nitrogens is 1. The van der Waals surface area contributed by atoms with Gasteiger partial charge in [0, 0.05) is 19.5 Å². The lowest BCUT2D eigenvalue weighted by molar-refractivity contribution is 0.306. The second-order valence-corrected chi connectivity index (χ2v) is 4.18. The van der Waals surface area contributed by atoms with Gasteiger partial charge in [-0.25, -0.2) is 4.98 Å². The van der Waals surface area contributed by atoms with E-state index in [9.17, 15) is 0 Å². The summed E-state index contributed by atoms with van der Waals surface area (Å²) >= 11 is 0. The fraction of sp³-hybridized carbons (Fsp3) is 0.417. The molecule has 0 spiro atoms. The molecule has 2 aromatic rings. The first-order chi connectivity index (χ1) is 7.61. The Morgan fingerprint density at radius 3 is 2.81 bits per heavy atom. The van der Waals surface area contributed by atoms with Crippen molar-refractivity contribution >= 4 is 11.1 Å². The molecule has 86 valence electrons. The normalized spacial score (nSPS) is 13.6. The first-order valence-corrected chi connectivity index (χ1v) is 5.35. The molecule has 0 aliphatic heterocycles. The van der Waals surface area contributed by atoms with Crippen LogP contribution in [0.1, 0.15) is 17.5 Å². The molecular formula is C12H17N3O. The monoisotopic (exact) mass is 219 g/mol. The van der Waals surface area contributed by atoms with Gasteiger partial charge in [-0.2, -0.15) is 0 Å². The number of oxazole rings is 1. The standard InChI is InChI=1S/C12H17N3O/c1-8-14-10-6-9(4-5-12(10)16-8)11(7-13)15(2)3/h4-6,11H,7,13H2,1-3H3. The molecule has 1 aromatic heterocycles. The molecule has 2 N–H and O–H groups in total. The lowest BCUT2D eigenvalue weighted by Gasteiger charge is -2.22. The highest BCUT2D eigenvalue weighted by Crippen LogP contribution is 2.22. The van der Waals surface area contributed by atoms with Crippen LogP contribution < -0.4 is 5.73 Å². The van der Waals surface area contributed by atoms with Crippen molar-refractivity contribution in [2.75, 3.05) is 20.6 Å². The molecule has 0 radical (unpaired) electrons. The van der Waals surface area contributed by atoms with Gasteiger partial charge in [0.1, 0.15) is 5.52 Å². The maximum absolute atomic E-state index is 5.77. The highest BCUT2D eigenvalue weighted by atomic mass is 16.3. The predicted octanol–water partition coefficient (Wildman–Crippen LogP) is 1.70. The molecule has 16 heavy (non-hydrogen) atoms. The molecule has 0 aliphatic carbocycles. The van der Waals surface area contributed by atoms with Crippen LogP contribution in [-0.2, 0) is 0 Å². The molecule has 4 heteroatoms. The molecule has 0 saturated carbocycles. The van der Waals surface area contributed by atoms with E-state index in [4.69, 9.17) is 10.2 Å². The molecule has 1 atom stereocenters. The van der Waals surface area contributed by atoms with Crippen molar-refractivity contribution in [3.05, 3.63) is 29.7 Å². The van der Waals surface area contributed by atoms with Crippen molar-refractivity contribution in [1.29, 1.82) is 0 Å². The Morgan fingerprint density at radius 2 is 2.19 bits per heavy atom. The minimum absolute atomic E-state index is 0.224. The third kappa shape index (κ3) is 1.94. The van der Waals surface area contributed by atoms with Crippen LogP contribution >= 0.6 is 0 Å². The third-order valence-corrected chi connectivity index (χ3v) is 2.75. The molecule has 0 saturated heterocycles. The Hall–Kier alpha value is -1.39. The van der Waals surface area contributed by atoms with Crippen molar-refractivity contribution in [2.45, 2.75) is 13.0 Å². The van der Waals surface area contributed by atoms with Crippen LogP contribution in [-0.4, -0.2) is 30.5 Å².